The van der Waals surface area contributed by atoms with Crippen LogP contribution < -0.4 is 5.32 Å². The van der Waals surface area contributed by atoms with E-state index in [2.05, 4.69) is 15.3 Å². The van der Waals surface area contributed by atoms with E-state index in [0.29, 0.717) is 6.54 Å². The Bertz CT molecular complexity index is 530. The molecule has 88 valence electrons. The van der Waals surface area contributed by atoms with Gasteiger partial charge in [-0.25, -0.2) is 19.2 Å². The maximum atomic E-state index is 13.6. The molecule has 2 N–H and O–H groups in total. The molecule has 2 rings (SSSR count). The minimum absolute atomic E-state index is 0.0832. The van der Waals surface area contributed by atoms with E-state index < -0.39 is 17.3 Å². The Morgan fingerprint density at radius 1 is 1.47 bits per heavy atom. The summed E-state index contributed by atoms with van der Waals surface area (Å²) >= 11 is 1.42. The van der Waals surface area contributed by atoms with Gasteiger partial charge in [0.15, 0.2) is 11.6 Å². The molecule has 0 atom stereocenters. The van der Waals surface area contributed by atoms with Gasteiger partial charge in [0.25, 0.3) is 0 Å². The fourth-order valence-electron chi connectivity index (χ4n) is 1.23. The van der Waals surface area contributed by atoms with Gasteiger partial charge in [0, 0.05) is 17.8 Å². The minimum atomic E-state index is -1.32. The normalized spacial score (nSPS) is 10.2. The third-order valence-corrected chi connectivity index (χ3v) is 2.79. The maximum Gasteiger partial charge on any atom is 0.338 e. The largest absolute Gasteiger partial charge is 0.478 e. The van der Waals surface area contributed by atoms with Crippen molar-refractivity contribution in [3.63, 3.8) is 0 Å². The van der Waals surface area contributed by atoms with E-state index >= 15 is 0 Å². The van der Waals surface area contributed by atoms with Crippen molar-refractivity contribution in [1.82, 2.24) is 9.97 Å². The molecule has 0 aliphatic carbocycles. The molecule has 5 nitrogen and oxygen atoms in total. The van der Waals surface area contributed by atoms with Gasteiger partial charge < -0.3 is 10.4 Å². The standard InChI is InChI=1S/C10H8FN3O2S/c11-8-6(10(15)16)1-2-13-9(8)14-5-7-12-3-4-17-7/h1-4H,5H2,(H,13,14)(H,15,16). The maximum absolute atomic E-state index is 13.6. The summed E-state index contributed by atoms with van der Waals surface area (Å²) in [6.07, 6.45) is 2.88. The molecule has 0 fully saturated rings. The summed E-state index contributed by atoms with van der Waals surface area (Å²) in [5.41, 5.74) is -0.401. The number of aromatic nitrogens is 2. The van der Waals surface area contributed by atoms with Gasteiger partial charge in [0.05, 0.1) is 6.54 Å². The van der Waals surface area contributed by atoms with Gasteiger partial charge in [0.2, 0.25) is 0 Å². The summed E-state index contributed by atoms with van der Waals surface area (Å²) in [7, 11) is 0. The number of anilines is 1. The van der Waals surface area contributed by atoms with Crippen molar-refractivity contribution in [2.24, 2.45) is 0 Å². The van der Waals surface area contributed by atoms with Crippen LogP contribution in [0.5, 0.6) is 0 Å². The van der Waals surface area contributed by atoms with E-state index in [9.17, 15) is 9.18 Å². The Morgan fingerprint density at radius 2 is 2.29 bits per heavy atom. The summed E-state index contributed by atoms with van der Waals surface area (Å²) in [6, 6.07) is 1.12. The molecule has 0 unspecified atom stereocenters. The highest BCUT2D eigenvalue weighted by Crippen LogP contribution is 2.16. The predicted octanol–water partition coefficient (Wildman–Crippen LogP) is 1.99. The van der Waals surface area contributed by atoms with E-state index in [1.165, 1.54) is 17.5 Å². The first-order valence-corrected chi connectivity index (χ1v) is 5.56. The number of carboxylic acid groups (broad SMARTS) is 1. The quantitative estimate of drug-likeness (QED) is 0.871. The summed E-state index contributed by atoms with van der Waals surface area (Å²) in [6.45, 7) is 0.310. The smallest absolute Gasteiger partial charge is 0.338 e. The Balaban J connectivity index is 2.16. The van der Waals surface area contributed by atoms with E-state index in [1.54, 1.807) is 11.6 Å². The predicted molar refractivity (Wildman–Crippen MR) is 60.6 cm³/mol. The van der Waals surface area contributed by atoms with Crippen molar-refractivity contribution >= 4 is 23.1 Å². The fourth-order valence-corrected chi connectivity index (χ4v) is 1.79. The second-order valence-electron chi connectivity index (χ2n) is 3.11. The van der Waals surface area contributed by atoms with Crippen molar-refractivity contribution < 1.29 is 14.3 Å². The zero-order valence-corrected chi connectivity index (χ0v) is 9.37. The van der Waals surface area contributed by atoms with Crippen LogP contribution >= 0.6 is 11.3 Å². The van der Waals surface area contributed by atoms with Crippen LogP contribution in [0.15, 0.2) is 23.8 Å². The van der Waals surface area contributed by atoms with Crippen molar-refractivity contribution in [3.05, 3.63) is 40.2 Å². The lowest BCUT2D eigenvalue weighted by Crippen LogP contribution is -2.08. The van der Waals surface area contributed by atoms with Crippen LogP contribution in [0.2, 0.25) is 0 Å². The lowest BCUT2D eigenvalue weighted by Gasteiger charge is -2.05. The highest BCUT2D eigenvalue weighted by atomic mass is 32.1. The van der Waals surface area contributed by atoms with Crippen LogP contribution in [-0.2, 0) is 6.54 Å². The molecule has 7 heteroatoms. The number of rotatable bonds is 4. The number of hydrogen-bond acceptors (Lipinski definition) is 5. The van der Waals surface area contributed by atoms with Crippen LogP contribution in [0.4, 0.5) is 10.2 Å². The summed E-state index contributed by atoms with van der Waals surface area (Å²) in [5.74, 6) is -2.26. The van der Waals surface area contributed by atoms with Gasteiger partial charge in [-0.15, -0.1) is 11.3 Å². The van der Waals surface area contributed by atoms with E-state index in [1.807, 2.05) is 0 Å². The van der Waals surface area contributed by atoms with E-state index in [0.717, 1.165) is 11.1 Å². The lowest BCUT2D eigenvalue weighted by atomic mass is 10.2. The van der Waals surface area contributed by atoms with Gasteiger partial charge in [-0.1, -0.05) is 0 Å². The monoisotopic (exact) mass is 253 g/mol. The SMILES string of the molecule is O=C(O)c1ccnc(NCc2nccs2)c1F. The first-order chi connectivity index (χ1) is 8.18. The Labute approximate surface area is 100.0 Å². The van der Waals surface area contributed by atoms with Crippen LogP contribution in [0.1, 0.15) is 15.4 Å². The Hall–Kier alpha value is -2.02. The second-order valence-corrected chi connectivity index (χ2v) is 4.08. The number of carbonyl (C=O) groups is 1. The van der Waals surface area contributed by atoms with E-state index in [4.69, 9.17) is 5.11 Å². The molecule has 0 saturated carbocycles. The van der Waals surface area contributed by atoms with Crippen LogP contribution in [-0.4, -0.2) is 21.0 Å². The number of aromatic carboxylic acids is 1. The van der Waals surface area contributed by atoms with Gasteiger partial charge in [-0.2, -0.15) is 0 Å². The molecule has 2 heterocycles. The molecule has 0 spiro atoms. The van der Waals surface area contributed by atoms with Gasteiger partial charge in [-0.3, -0.25) is 0 Å². The third-order valence-electron chi connectivity index (χ3n) is 2.01. The molecular formula is C10H8FN3O2S. The molecule has 17 heavy (non-hydrogen) atoms. The molecule has 0 saturated heterocycles. The van der Waals surface area contributed by atoms with Gasteiger partial charge >= 0.3 is 5.97 Å². The lowest BCUT2D eigenvalue weighted by molar-refractivity contribution is 0.0692. The minimum Gasteiger partial charge on any atom is -0.478 e. The van der Waals surface area contributed by atoms with Crippen LogP contribution in [0, 0.1) is 5.82 Å². The zero-order chi connectivity index (χ0) is 12.3. The molecule has 0 aliphatic rings. The van der Waals surface area contributed by atoms with Gasteiger partial charge in [-0.05, 0) is 6.07 Å². The van der Waals surface area contributed by atoms with Crippen molar-refractivity contribution in [3.8, 4) is 0 Å². The van der Waals surface area contributed by atoms with Crippen molar-refractivity contribution in [2.45, 2.75) is 6.54 Å². The highest BCUT2D eigenvalue weighted by molar-refractivity contribution is 7.09. The summed E-state index contributed by atoms with van der Waals surface area (Å²) in [4.78, 5) is 18.5. The number of carboxylic acids is 1. The van der Waals surface area contributed by atoms with Gasteiger partial charge in [0.1, 0.15) is 10.6 Å². The molecule has 2 aromatic rings. The molecule has 0 aromatic carbocycles. The average molecular weight is 253 g/mol. The Kier molecular flexibility index (Phi) is 3.29. The van der Waals surface area contributed by atoms with Crippen molar-refractivity contribution in [2.75, 3.05) is 5.32 Å². The van der Waals surface area contributed by atoms with E-state index in [-0.39, 0.29) is 5.82 Å². The number of nitrogens with zero attached hydrogens (tertiary/aromatic N) is 2. The fraction of sp³-hybridized carbons (Fsp3) is 0.100. The first-order valence-electron chi connectivity index (χ1n) is 4.68. The van der Waals surface area contributed by atoms with Crippen molar-refractivity contribution in [1.29, 1.82) is 0 Å². The summed E-state index contributed by atoms with van der Waals surface area (Å²) in [5, 5.41) is 14.0. The topological polar surface area (TPSA) is 75.1 Å². The zero-order valence-electron chi connectivity index (χ0n) is 8.55. The molecule has 0 amide bonds. The van der Waals surface area contributed by atoms with Crippen LogP contribution in [0.25, 0.3) is 0 Å². The molecule has 0 radical (unpaired) electrons. The first kappa shape index (κ1) is 11.5. The van der Waals surface area contributed by atoms with Crippen LogP contribution in [0.3, 0.4) is 0 Å². The Morgan fingerprint density at radius 3 is 2.94 bits per heavy atom. The molecule has 0 bridgehead atoms. The molecular weight excluding hydrogens is 245 g/mol. The molecule has 0 aliphatic heterocycles. The average Bonchev–Trinajstić information content (AvgIpc) is 2.80. The third kappa shape index (κ3) is 2.56. The number of halogens is 1. The number of hydrogen-bond donors (Lipinski definition) is 2. The number of thiazole rings is 1. The number of nitrogens with one attached hydrogen (secondary N) is 1. The second kappa shape index (κ2) is 4.88. The summed E-state index contributed by atoms with van der Waals surface area (Å²) < 4.78 is 13.6. The number of pyridine rings is 1. The highest BCUT2D eigenvalue weighted by Gasteiger charge is 2.14. The molecule has 2 aromatic heterocycles.